The van der Waals surface area contributed by atoms with Crippen molar-refractivity contribution in [3.63, 3.8) is 0 Å². The molecule has 2 amide bonds. The predicted octanol–water partition coefficient (Wildman–Crippen LogP) is 4.84. The fraction of sp³-hybridized carbons (Fsp3) is 0.607. The number of alkyl halides is 3. The Labute approximate surface area is 230 Å². The van der Waals surface area contributed by atoms with Crippen LogP contribution in [0.2, 0.25) is 0 Å². The molecule has 2 aliphatic heterocycles. The zero-order chi connectivity index (χ0) is 27.6. The Bertz CT molecular complexity index is 1170. The molecule has 11 heteroatoms. The Morgan fingerprint density at radius 2 is 1.95 bits per heavy atom. The number of hydrogen-bond acceptors (Lipinski definition) is 6. The quantitative estimate of drug-likeness (QED) is 0.497. The number of thiazole rings is 1. The normalized spacial score (nSPS) is 21.8. The molecule has 0 radical (unpaired) electrons. The molecule has 2 aromatic rings. The highest BCUT2D eigenvalue weighted by atomic mass is 32.1. The Kier molecular flexibility index (Phi) is 8.46. The van der Waals surface area contributed by atoms with E-state index in [0.29, 0.717) is 30.1 Å². The van der Waals surface area contributed by atoms with Crippen molar-refractivity contribution >= 4 is 23.2 Å². The zero-order valence-electron chi connectivity index (χ0n) is 22.2. The molecule has 7 nitrogen and oxygen atoms in total. The van der Waals surface area contributed by atoms with Crippen LogP contribution in [0, 0.1) is 5.92 Å². The second-order valence-electron chi connectivity index (χ2n) is 10.7. The molecule has 1 saturated carbocycles. The lowest BCUT2D eigenvalue weighted by Crippen LogP contribution is -2.38. The van der Waals surface area contributed by atoms with E-state index in [1.165, 1.54) is 11.3 Å². The number of carbonyl (C=O) groups is 2. The fourth-order valence-electron chi connectivity index (χ4n) is 5.90. The van der Waals surface area contributed by atoms with E-state index in [4.69, 9.17) is 4.74 Å². The van der Waals surface area contributed by atoms with Crippen LogP contribution in [-0.2, 0) is 19.4 Å². The number of ether oxygens (including phenoxy) is 1. The van der Waals surface area contributed by atoms with Gasteiger partial charge in [-0.25, -0.2) is 4.98 Å². The summed E-state index contributed by atoms with van der Waals surface area (Å²) in [5.74, 6) is 0.532. The van der Waals surface area contributed by atoms with Gasteiger partial charge in [0.2, 0.25) is 0 Å². The van der Waals surface area contributed by atoms with Gasteiger partial charge in [-0.1, -0.05) is 17.4 Å². The summed E-state index contributed by atoms with van der Waals surface area (Å²) in [5, 5.41) is 3.33. The van der Waals surface area contributed by atoms with Crippen LogP contribution in [0.4, 0.5) is 13.2 Å². The summed E-state index contributed by atoms with van der Waals surface area (Å²) in [6, 6.07) is 5.57. The van der Waals surface area contributed by atoms with Crippen LogP contribution >= 0.6 is 11.3 Å². The minimum Gasteiger partial charge on any atom is -0.460 e. The van der Waals surface area contributed by atoms with Crippen LogP contribution in [0.5, 0.6) is 5.19 Å². The molecule has 0 atom stereocenters. The molecule has 3 aliphatic rings. The molecular weight excluding hydrogens is 529 g/mol. The number of halogens is 3. The minimum absolute atomic E-state index is 0.00126. The monoisotopic (exact) mass is 564 g/mol. The van der Waals surface area contributed by atoms with Gasteiger partial charge in [0.15, 0.2) is 6.61 Å². The average Bonchev–Trinajstić information content (AvgIpc) is 3.41. The third-order valence-corrected chi connectivity index (χ3v) is 9.21. The van der Waals surface area contributed by atoms with Crippen molar-refractivity contribution in [2.75, 3.05) is 32.8 Å². The maximum atomic E-state index is 13.1. The highest BCUT2D eigenvalue weighted by Gasteiger charge is 2.32. The fourth-order valence-corrected chi connectivity index (χ4v) is 6.84. The maximum absolute atomic E-state index is 13.1. The molecule has 0 saturated heterocycles. The first-order valence-corrected chi connectivity index (χ1v) is 14.6. The largest absolute Gasteiger partial charge is 0.460 e. The van der Waals surface area contributed by atoms with Crippen LogP contribution in [0.25, 0.3) is 0 Å². The smallest absolute Gasteiger partial charge is 0.422 e. The summed E-state index contributed by atoms with van der Waals surface area (Å²) in [7, 11) is 0. The molecular formula is C28H35F3N4O3S. The lowest BCUT2D eigenvalue weighted by molar-refractivity contribution is -0.153. The Hall–Kier alpha value is -2.66. The standard InChI is InChI=1S/C28H35F3N4O3S/c1-2-35-16-22-20(4-3-5-21(22)26(35)37)25(36)32-19-8-6-18(7-9-19)10-13-34-14-11-23-24(12-15-34)39-27(33-23)38-17-28(29,30)31/h3-5,18-19H,2,6-17H2,1H3,(H,32,36)/t18-,19-. The van der Waals surface area contributed by atoms with Crippen molar-refractivity contribution in [1.29, 1.82) is 0 Å². The molecule has 3 heterocycles. The van der Waals surface area contributed by atoms with Gasteiger partial charge in [0.1, 0.15) is 0 Å². The van der Waals surface area contributed by atoms with Gasteiger partial charge in [-0.15, -0.1) is 0 Å². The van der Waals surface area contributed by atoms with E-state index < -0.39 is 12.8 Å². The number of aromatic nitrogens is 1. The first kappa shape index (κ1) is 27.9. The lowest BCUT2D eigenvalue weighted by Gasteiger charge is -2.31. The van der Waals surface area contributed by atoms with Crippen molar-refractivity contribution in [3.05, 3.63) is 45.5 Å². The summed E-state index contributed by atoms with van der Waals surface area (Å²) in [4.78, 5) is 35.1. The van der Waals surface area contributed by atoms with E-state index in [2.05, 4.69) is 15.2 Å². The Morgan fingerprint density at radius 1 is 1.18 bits per heavy atom. The lowest BCUT2D eigenvalue weighted by atomic mass is 9.84. The SMILES string of the molecule is CCN1Cc2c(C(=O)N[C@H]3CC[C@H](CCN4CCc5nc(OCC(F)(F)F)sc5CC4)CC3)cccc2C1=O. The van der Waals surface area contributed by atoms with Gasteiger partial charge in [0.05, 0.1) is 5.69 Å². The van der Waals surface area contributed by atoms with Gasteiger partial charge in [-0.05, 0) is 75.6 Å². The van der Waals surface area contributed by atoms with E-state index in [-0.39, 0.29) is 23.0 Å². The van der Waals surface area contributed by atoms with Gasteiger partial charge in [-0.3, -0.25) is 9.59 Å². The summed E-state index contributed by atoms with van der Waals surface area (Å²) in [5.41, 5.74) is 2.96. The van der Waals surface area contributed by atoms with Crippen LogP contribution in [-0.4, -0.2) is 71.6 Å². The number of nitrogens with one attached hydrogen (secondary N) is 1. The van der Waals surface area contributed by atoms with Crippen LogP contribution < -0.4 is 10.1 Å². The summed E-state index contributed by atoms with van der Waals surface area (Å²) in [6.07, 6.45) is 2.30. The number of fused-ring (bicyclic) bond motifs is 2. The Balaban J connectivity index is 1.04. The van der Waals surface area contributed by atoms with Crippen molar-refractivity contribution < 1.29 is 27.5 Å². The third-order valence-electron chi connectivity index (χ3n) is 8.14. The predicted molar refractivity (Wildman–Crippen MR) is 142 cm³/mol. The highest BCUT2D eigenvalue weighted by molar-refractivity contribution is 7.13. The second-order valence-corrected chi connectivity index (χ2v) is 11.8. The van der Waals surface area contributed by atoms with Crippen LogP contribution in [0.15, 0.2) is 18.2 Å². The molecule has 0 bridgehead atoms. The molecule has 1 aliphatic carbocycles. The zero-order valence-corrected chi connectivity index (χ0v) is 23.0. The van der Waals surface area contributed by atoms with Crippen LogP contribution in [0.1, 0.15) is 75.9 Å². The number of amides is 2. The van der Waals surface area contributed by atoms with Crippen molar-refractivity contribution in [3.8, 4) is 5.19 Å². The summed E-state index contributed by atoms with van der Waals surface area (Å²) < 4.78 is 42.1. The molecule has 0 unspecified atom stereocenters. The third kappa shape index (κ3) is 6.74. The van der Waals surface area contributed by atoms with Gasteiger partial charge in [-0.2, -0.15) is 13.2 Å². The topological polar surface area (TPSA) is 74.8 Å². The maximum Gasteiger partial charge on any atom is 0.422 e. The molecule has 0 spiro atoms. The number of hydrogen-bond donors (Lipinski definition) is 1. The first-order chi connectivity index (χ1) is 18.7. The molecule has 1 aromatic carbocycles. The number of carbonyl (C=O) groups excluding carboxylic acids is 2. The molecule has 212 valence electrons. The van der Waals surface area contributed by atoms with E-state index in [0.717, 1.165) is 80.7 Å². The molecule has 5 rings (SSSR count). The van der Waals surface area contributed by atoms with E-state index in [1.807, 2.05) is 13.0 Å². The van der Waals surface area contributed by atoms with Gasteiger partial charge in [0, 0.05) is 54.6 Å². The highest BCUT2D eigenvalue weighted by Crippen LogP contribution is 2.31. The van der Waals surface area contributed by atoms with Crippen LogP contribution in [0.3, 0.4) is 0 Å². The van der Waals surface area contributed by atoms with Gasteiger partial charge in [0.25, 0.3) is 17.0 Å². The van der Waals surface area contributed by atoms with E-state index in [1.54, 1.807) is 17.0 Å². The minimum atomic E-state index is -4.36. The van der Waals surface area contributed by atoms with Crippen molar-refractivity contribution in [2.24, 2.45) is 5.92 Å². The molecule has 1 fully saturated rings. The second kappa shape index (κ2) is 11.8. The first-order valence-electron chi connectivity index (χ1n) is 13.8. The molecule has 39 heavy (non-hydrogen) atoms. The average molecular weight is 565 g/mol. The number of nitrogens with zero attached hydrogens (tertiary/aromatic N) is 3. The van der Waals surface area contributed by atoms with Crippen molar-refractivity contribution in [2.45, 2.75) is 70.6 Å². The summed E-state index contributed by atoms with van der Waals surface area (Å²) >= 11 is 1.24. The molecule has 1 aromatic heterocycles. The van der Waals surface area contributed by atoms with E-state index in [9.17, 15) is 22.8 Å². The number of benzene rings is 1. The van der Waals surface area contributed by atoms with Gasteiger partial charge < -0.3 is 19.9 Å². The molecule has 1 N–H and O–H groups in total. The Morgan fingerprint density at radius 3 is 2.69 bits per heavy atom. The van der Waals surface area contributed by atoms with Gasteiger partial charge >= 0.3 is 6.18 Å². The number of rotatable bonds is 8. The summed E-state index contributed by atoms with van der Waals surface area (Å²) in [6.45, 7) is 4.48. The van der Waals surface area contributed by atoms with Crippen molar-refractivity contribution in [1.82, 2.24) is 20.1 Å². The van der Waals surface area contributed by atoms with E-state index >= 15 is 0 Å².